The first-order chi connectivity index (χ1) is 7.40. The van der Waals surface area contributed by atoms with Gasteiger partial charge < -0.3 is 5.32 Å². The van der Waals surface area contributed by atoms with Gasteiger partial charge in [0.2, 0.25) is 0 Å². The van der Waals surface area contributed by atoms with Crippen LogP contribution in [0.5, 0.6) is 0 Å². The number of nitrogens with one attached hydrogen (secondary N) is 1. The van der Waals surface area contributed by atoms with Crippen LogP contribution in [0.25, 0.3) is 0 Å². The largest absolute Gasteiger partial charge is 0.313 e. The van der Waals surface area contributed by atoms with E-state index in [-0.39, 0.29) is 0 Å². The molecule has 0 aliphatic carbocycles. The van der Waals surface area contributed by atoms with Crippen molar-refractivity contribution < 1.29 is 0 Å². The molecular weight excluding hydrogens is 184 g/mol. The summed E-state index contributed by atoms with van der Waals surface area (Å²) in [6, 6.07) is 1.66. The number of likely N-dealkylation sites (tertiary alicyclic amines) is 1. The van der Waals surface area contributed by atoms with Gasteiger partial charge in [-0.05, 0) is 45.2 Å². The molecule has 2 rings (SSSR count). The van der Waals surface area contributed by atoms with Gasteiger partial charge in [-0.3, -0.25) is 4.90 Å². The third kappa shape index (κ3) is 3.18. The summed E-state index contributed by atoms with van der Waals surface area (Å²) in [5, 5.41) is 3.67. The van der Waals surface area contributed by atoms with Gasteiger partial charge in [0, 0.05) is 18.6 Å². The molecule has 2 atom stereocenters. The highest BCUT2D eigenvalue weighted by Crippen LogP contribution is 2.20. The second kappa shape index (κ2) is 5.86. The summed E-state index contributed by atoms with van der Waals surface area (Å²) in [7, 11) is 0. The lowest BCUT2D eigenvalue weighted by molar-refractivity contribution is 0.123. The van der Waals surface area contributed by atoms with Gasteiger partial charge >= 0.3 is 0 Å². The standard InChI is InChI=1S/C13H26N2/c1-2-13-8-4-6-10-15(13)11-12-7-3-5-9-14-12/h12-14H,2-11H2,1H3/t12-,13+/m0/s1. The van der Waals surface area contributed by atoms with E-state index in [2.05, 4.69) is 17.1 Å². The molecule has 1 N–H and O–H groups in total. The van der Waals surface area contributed by atoms with Crippen LogP contribution in [0, 0.1) is 0 Å². The fourth-order valence-electron chi connectivity index (χ4n) is 3.13. The third-order valence-corrected chi connectivity index (χ3v) is 4.09. The van der Waals surface area contributed by atoms with E-state index in [1.165, 1.54) is 64.6 Å². The highest BCUT2D eigenvalue weighted by Gasteiger charge is 2.24. The molecule has 2 saturated heterocycles. The molecule has 0 spiro atoms. The minimum atomic E-state index is 0.783. The molecule has 2 heterocycles. The Bertz CT molecular complexity index is 175. The van der Waals surface area contributed by atoms with E-state index in [1.807, 2.05) is 0 Å². The summed E-state index contributed by atoms with van der Waals surface area (Å²) in [6.45, 7) is 6.24. The Kier molecular flexibility index (Phi) is 4.45. The van der Waals surface area contributed by atoms with Gasteiger partial charge in [0.1, 0.15) is 0 Å². The SMILES string of the molecule is CC[C@@H]1CCCCN1C[C@@H]1CCCCN1. The van der Waals surface area contributed by atoms with Crippen molar-refractivity contribution in [1.82, 2.24) is 10.2 Å². The second-order valence-corrected chi connectivity index (χ2v) is 5.20. The van der Waals surface area contributed by atoms with Crippen LogP contribution in [0.4, 0.5) is 0 Å². The topological polar surface area (TPSA) is 15.3 Å². The van der Waals surface area contributed by atoms with Gasteiger partial charge in [0.25, 0.3) is 0 Å². The summed E-state index contributed by atoms with van der Waals surface area (Å²) in [5.74, 6) is 0. The predicted octanol–water partition coefficient (Wildman–Crippen LogP) is 2.39. The zero-order valence-corrected chi connectivity index (χ0v) is 10.2. The van der Waals surface area contributed by atoms with Crippen molar-refractivity contribution in [1.29, 1.82) is 0 Å². The van der Waals surface area contributed by atoms with Crippen molar-refractivity contribution in [3.8, 4) is 0 Å². The maximum absolute atomic E-state index is 3.67. The molecule has 0 radical (unpaired) electrons. The zero-order chi connectivity index (χ0) is 10.5. The molecule has 0 amide bonds. The first kappa shape index (κ1) is 11.4. The molecule has 2 heteroatoms. The Balaban J connectivity index is 1.79. The Morgan fingerprint density at radius 1 is 1.13 bits per heavy atom. The molecule has 15 heavy (non-hydrogen) atoms. The van der Waals surface area contributed by atoms with E-state index in [1.54, 1.807) is 0 Å². The van der Waals surface area contributed by atoms with Crippen LogP contribution in [-0.4, -0.2) is 36.6 Å². The quantitative estimate of drug-likeness (QED) is 0.769. The first-order valence-electron chi connectivity index (χ1n) is 6.87. The highest BCUT2D eigenvalue weighted by molar-refractivity contribution is 4.82. The Morgan fingerprint density at radius 3 is 2.73 bits per heavy atom. The van der Waals surface area contributed by atoms with Crippen LogP contribution in [0.3, 0.4) is 0 Å². The van der Waals surface area contributed by atoms with E-state index in [9.17, 15) is 0 Å². The monoisotopic (exact) mass is 210 g/mol. The number of piperidine rings is 2. The molecule has 0 saturated carbocycles. The lowest BCUT2D eigenvalue weighted by Gasteiger charge is -2.38. The summed E-state index contributed by atoms with van der Waals surface area (Å²) in [4.78, 5) is 2.74. The molecule has 2 nitrogen and oxygen atoms in total. The predicted molar refractivity (Wildman–Crippen MR) is 65.1 cm³/mol. The van der Waals surface area contributed by atoms with E-state index >= 15 is 0 Å². The normalized spacial score (nSPS) is 34.2. The molecule has 0 aromatic carbocycles. The molecule has 0 aromatic heterocycles. The summed E-state index contributed by atoms with van der Waals surface area (Å²) in [5.41, 5.74) is 0. The Morgan fingerprint density at radius 2 is 2.00 bits per heavy atom. The third-order valence-electron chi connectivity index (χ3n) is 4.09. The number of hydrogen-bond donors (Lipinski definition) is 1. The molecule has 2 fully saturated rings. The van der Waals surface area contributed by atoms with Crippen molar-refractivity contribution >= 4 is 0 Å². The minimum absolute atomic E-state index is 0.783. The number of rotatable bonds is 3. The number of nitrogens with zero attached hydrogens (tertiary/aromatic N) is 1. The fourth-order valence-corrected chi connectivity index (χ4v) is 3.13. The highest BCUT2D eigenvalue weighted by atomic mass is 15.2. The molecular formula is C13H26N2. The maximum Gasteiger partial charge on any atom is 0.0195 e. The van der Waals surface area contributed by atoms with Crippen molar-refractivity contribution in [3.63, 3.8) is 0 Å². The van der Waals surface area contributed by atoms with Crippen molar-refractivity contribution in [2.24, 2.45) is 0 Å². The lowest BCUT2D eigenvalue weighted by Crippen LogP contribution is -2.48. The van der Waals surface area contributed by atoms with Crippen LogP contribution in [0.2, 0.25) is 0 Å². The van der Waals surface area contributed by atoms with Gasteiger partial charge in [0.05, 0.1) is 0 Å². The van der Waals surface area contributed by atoms with Crippen LogP contribution in [0.1, 0.15) is 51.9 Å². The summed E-state index contributed by atoms with van der Waals surface area (Å²) >= 11 is 0. The van der Waals surface area contributed by atoms with Gasteiger partial charge in [-0.2, -0.15) is 0 Å². The molecule has 88 valence electrons. The van der Waals surface area contributed by atoms with E-state index in [0.29, 0.717) is 0 Å². The molecule has 0 bridgehead atoms. The summed E-state index contributed by atoms with van der Waals surface area (Å²) in [6.07, 6.45) is 9.86. The molecule has 2 aliphatic rings. The first-order valence-corrected chi connectivity index (χ1v) is 6.87. The smallest absolute Gasteiger partial charge is 0.0195 e. The van der Waals surface area contributed by atoms with Gasteiger partial charge in [0.15, 0.2) is 0 Å². The van der Waals surface area contributed by atoms with Crippen LogP contribution in [0.15, 0.2) is 0 Å². The minimum Gasteiger partial charge on any atom is -0.313 e. The van der Waals surface area contributed by atoms with Crippen molar-refractivity contribution in [2.45, 2.75) is 64.0 Å². The second-order valence-electron chi connectivity index (χ2n) is 5.20. The van der Waals surface area contributed by atoms with Crippen LogP contribution in [-0.2, 0) is 0 Å². The maximum atomic E-state index is 3.67. The lowest BCUT2D eigenvalue weighted by atomic mass is 9.97. The molecule has 0 aromatic rings. The van der Waals surface area contributed by atoms with Crippen LogP contribution < -0.4 is 5.32 Å². The van der Waals surface area contributed by atoms with Crippen LogP contribution >= 0.6 is 0 Å². The fraction of sp³-hybridized carbons (Fsp3) is 1.00. The Labute approximate surface area is 94.4 Å². The van der Waals surface area contributed by atoms with Gasteiger partial charge in [-0.1, -0.05) is 19.8 Å². The van der Waals surface area contributed by atoms with Gasteiger partial charge in [-0.25, -0.2) is 0 Å². The number of hydrogen-bond acceptors (Lipinski definition) is 2. The van der Waals surface area contributed by atoms with E-state index in [4.69, 9.17) is 0 Å². The summed E-state index contributed by atoms with van der Waals surface area (Å²) < 4.78 is 0. The average Bonchev–Trinajstić information content (AvgIpc) is 2.31. The Hall–Kier alpha value is -0.0800. The van der Waals surface area contributed by atoms with Crippen molar-refractivity contribution in [2.75, 3.05) is 19.6 Å². The molecule has 2 aliphatic heterocycles. The van der Waals surface area contributed by atoms with E-state index in [0.717, 1.165) is 12.1 Å². The van der Waals surface area contributed by atoms with Gasteiger partial charge in [-0.15, -0.1) is 0 Å². The van der Waals surface area contributed by atoms with Crippen molar-refractivity contribution in [3.05, 3.63) is 0 Å². The zero-order valence-electron chi connectivity index (χ0n) is 10.2. The van der Waals surface area contributed by atoms with E-state index < -0.39 is 0 Å². The molecule has 0 unspecified atom stereocenters. The average molecular weight is 210 g/mol.